The van der Waals surface area contributed by atoms with Crippen molar-refractivity contribution in [2.45, 2.75) is 36.0 Å². The van der Waals surface area contributed by atoms with Gasteiger partial charge in [0.25, 0.3) is 5.69 Å². The number of benzene rings is 2. The highest BCUT2D eigenvalue weighted by molar-refractivity contribution is 7.89. The lowest BCUT2D eigenvalue weighted by molar-refractivity contribution is -0.384. The quantitative estimate of drug-likeness (QED) is 0.493. The Balaban J connectivity index is 1.72. The summed E-state index contributed by atoms with van der Waals surface area (Å²) in [6.07, 6.45) is 0. The van der Waals surface area contributed by atoms with Crippen molar-refractivity contribution in [3.8, 4) is 0 Å². The minimum absolute atomic E-state index is 0.00136. The van der Waals surface area contributed by atoms with Gasteiger partial charge >= 0.3 is 0 Å². The summed E-state index contributed by atoms with van der Waals surface area (Å²) in [5, 5.41) is 10.8. The van der Waals surface area contributed by atoms with Crippen LogP contribution in [0.1, 0.15) is 26.3 Å². The summed E-state index contributed by atoms with van der Waals surface area (Å²) in [6, 6.07) is 11.4. The first kappa shape index (κ1) is 23.3. The van der Waals surface area contributed by atoms with Crippen LogP contribution in [-0.2, 0) is 25.5 Å². The number of nitro benzene ring substituents is 1. The monoisotopic (exact) mass is 467 g/mol. The highest BCUT2D eigenvalue weighted by Crippen LogP contribution is 2.26. The molecule has 1 aliphatic heterocycles. The van der Waals surface area contributed by atoms with E-state index in [1.165, 1.54) is 20.7 Å². The van der Waals surface area contributed by atoms with Crippen LogP contribution in [0.4, 0.5) is 5.69 Å². The fraction of sp³-hybridized carbons (Fsp3) is 0.400. The molecule has 168 valence electrons. The minimum atomic E-state index is -3.87. The molecule has 0 aliphatic carbocycles. The van der Waals surface area contributed by atoms with E-state index in [4.69, 9.17) is 0 Å². The molecule has 1 heterocycles. The summed E-state index contributed by atoms with van der Waals surface area (Å²) in [6.45, 7) is 6.17. The molecule has 0 atom stereocenters. The number of sulfonamides is 2. The van der Waals surface area contributed by atoms with Crippen molar-refractivity contribution in [1.82, 2.24) is 8.61 Å². The van der Waals surface area contributed by atoms with Gasteiger partial charge in [0, 0.05) is 38.3 Å². The number of non-ortho nitro benzene ring substituents is 1. The third-order valence-corrected chi connectivity index (χ3v) is 9.07. The van der Waals surface area contributed by atoms with Gasteiger partial charge in [-0.15, -0.1) is 0 Å². The predicted molar refractivity (Wildman–Crippen MR) is 116 cm³/mol. The smallest absolute Gasteiger partial charge is 0.258 e. The Hall–Kier alpha value is -2.34. The first-order chi connectivity index (χ1) is 14.3. The van der Waals surface area contributed by atoms with Gasteiger partial charge in [0.2, 0.25) is 20.0 Å². The Morgan fingerprint density at radius 2 is 1.10 bits per heavy atom. The molecular weight excluding hydrogens is 442 g/mol. The molecule has 1 aliphatic rings. The molecule has 2 aromatic rings. The lowest BCUT2D eigenvalue weighted by atomic mass is 9.87. The van der Waals surface area contributed by atoms with Crippen molar-refractivity contribution in [1.29, 1.82) is 0 Å². The maximum atomic E-state index is 13.0. The van der Waals surface area contributed by atoms with Gasteiger partial charge in [-0.3, -0.25) is 10.1 Å². The van der Waals surface area contributed by atoms with E-state index in [1.807, 2.05) is 20.8 Å². The number of nitrogens with zero attached hydrogens (tertiary/aromatic N) is 3. The van der Waals surface area contributed by atoms with Gasteiger partial charge < -0.3 is 0 Å². The van der Waals surface area contributed by atoms with Gasteiger partial charge in [-0.05, 0) is 35.2 Å². The number of rotatable bonds is 5. The van der Waals surface area contributed by atoms with Crippen LogP contribution in [0, 0.1) is 10.1 Å². The van der Waals surface area contributed by atoms with Crippen molar-refractivity contribution in [2.75, 3.05) is 26.2 Å². The van der Waals surface area contributed by atoms with E-state index in [0.717, 1.165) is 17.7 Å². The molecule has 0 saturated carbocycles. The molecule has 0 N–H and O–H groups in total. The summed E-state index contributed by atoms with van der Waals surface area (Å²) >= 11 is 0. The van der Waals surface area contributed by atoms with E-state index in [9.17, 15) is 26.9 Å². The first-order valence-electron chi connectivity index (χ1n) is 9.69. The van der Waals surface area contributed by atoms with Crippen LogP contribution in [0.3, 0.4) is 0 Å². The number of piperazine rings is 1. The molecule has 0 unspecified atom stereocenters. The number of nitro groups is 1. The molecule has 0 bridgehead atoms. The summed E-state index contributed by atoms with van der Waals surface area (Å²) in [5.41, 5.74) is 0.720. The Bertz CT molecular complexity index is 1160. The standard InChI is InChI=1S/C20H25N3O6S2/c1-20(2,3)16-4-8-18(9-5-16)30(26,27)21-12-14-22(15-13-21)31(28,29)19-10-6-17(7-11-19)23(24)25/h4-11H,12-15H2,1-3H3. The van der Waals surface area contributed by atoms with Crippen LogP contribution in [0.25, 0.3) is 0 Å². The Morgan fingerprint density at radius 1 is 0.742 bits per heavy atom. The second kappa shape index (κ2) is 8.30. The molecule has 0 amide bonds. The number of hydrogen-bond acceptors (Lipinski definition) is 6. The SMILES string of the molecule is CC(C)(C)c1ccc(S(=O)(=O)N2CCN(S(=O)(=O)c3ccc([N+](=O)[O-])cc3)CC2)cc1. The van der Waals surface area contributed by atoms with Crippen LogP contribution in [0.2, 0.25) is 0 Å². The fourth-order valence-corrected chi connectivity index (χ4v) is 6.16. The Kier molecular flexibility index (Phi) is 6.25. The molecule has 9 nitrogen and oxygen atoms in total. The normalized spacial score (nSPS) is 16.9. The van der Waals surface area contributed by atoms with Crippen molar-refractivity contribution >= 4 is 25.7 Å². The third-order valence-electron chi connectivity index (χ3n) is 5.24. The topological polar surface area (TPSA) is 118 Å². The minimum Gasteiger partial charge on any atom is -0.258 e. The molecule has 1 saturated heterocycles. The molecule has 31 heavy (non-hydrogen) atoms. The molecule has 1 fully saturated rings. The number of hydrogen-bond donors (Lipinski definition) is 0. The van der Waals surface area contributed by atoms with Crippen molar-refractivity contribution in [2.24, 2.45) is 0 Å². The second-order valence-electron chi connectivity index (χ2n) is 8.33. The predicted octanol–water partition coefficient (Wildman–Crippen LogP) is 2.59. The zero-order chi connectivity index (χ0) is 23.0. The van der Waals surface area contributed by atoms with E-state index in [2.05, 4.69) is 0 Å². The molecule has 0 spiro atoms. The third kappa shape index (κ3) is 4.79. The molecule has 2 aromatic carbocycles. The van der Waals surface area contributed by atoms with Gasteiger partial charge in [-0.1, -0.05) is 32.9 Å². The average Bonchev–Trinajstić information content (AvgIpc) is 2.73. The summed E-state index contributed by atoms with van der Waals surface area (Å²) in [5.74, 6) is 0. The molecule has 0 radical (unpaired) electrons. The fourth-order valence-electron chi connectivity index (χ4n) is 3.32. The molecule has 3 rings (SSSR count). The summed E-state index contributed by atoms with van der Waals surface area (Å²) in [7, 11) is -7.61. The zero-order valence-corrected chi connectivity index (χ0v) is 19.2. The van der Waals surface area contributed by atoms with E-state index in [-0.39, 0.29) is 47.1 Å². The lowest BCUT2D eigenvalue weighted by Gasteiger charge is -2.33. The van der Waals surface area contributed by atoms with Gasteiger partial charge in [0.1, 0.15) is 0 Å². The average molecular weight is 468 g/mol. The Labute approximate surface area is 182 Å². The van der Waals surface area contributed by atoms with Crippen molar-refractivity contribution in [3.63, 3.8) is 0 Å². The van der Waals surface area contributed by atoms with Gasteiger partial charge in [0.05, 0.1) is 14.7 Å². The van der Waals surface area contributed by atoms with Gasteiger partial charge in [-0.25, -0.2) is 16.8 Å². The largest absolute Gasteiger partial charge is 0.269 e. The van der Waals surface area contributed by atoms with Gasteiger partial charge in [0.15, 0.2) is 0 Å². The first-order valence-corrected chi connectivity index (χ1v) is 12.6. The highest BCUT2D eigenvalue weighted by Gasteiger charge is 2.34. The van der Waals surface area contributed by atoms with Crippen LogP contribution in [-0.4, -0.2) is 56.5 Å². The van der Waals surface area contributed by atoms with Crippen LogP contribution < -0.4 is 0 Å². The molecular formula is C20H25N3O6S2. The van der Waals surface area contributed by atoms with Crippen LogP contribution in [0.5, 0.6) is 0 Å². The maximum Gasteiger partial charge on any atom is 0.269 e. The zero-order valence-electron chi connectivity index (χ0n) is 17.6. The van der Waals surface area contributed by atoms with E-state index in [0.29, 0.717) is 0 Å². The second-order valence-corrected chi connectivity index (χ2v) is 12.2. The van der Waals surface area contributed by atoms with E-state index < -0.39 is 25.0 Å². The molecule has 0 aromatic heterocycles. The summed E-state index contributed by atoms with van der Waals surface area (Å²) in [4.78, 5) is 10.3. The summed E-state index contributed by atoms with van der Waals surface area (Å²) < 4.78 is 54.0. The molecule has 11 heteroatoms. The maximum absolute atomic E-state index is 13.0. The highest BCUT2D eigenvalue weighted by atomic mass is 32.2. The van der Waals surface area contributed by atoms with E-state index >= 15 is 0 Å². The lowest BCUT2D eigenvalue weighted by Crippen LogP contribution is -2.50. The Morgan fingerprint density at radius 3 is 1.42 bits per heavy atom. The van der Waals surface area contributed by atoms with Crippen molar-refractivity contribution < 1.29 is 21.8 Å². The van der Waals surface area contributed by atoms with Crippen LogP contribution >= 0.6 is 0 Å². The van der Waals surface area contributed by atoms with Crippen LogP contribution in [0.15, 0.2) is 58.3 Å². The van der Waals surface area contributed by atoms with Gasteiger partial charge in [-0.2, -0.15) is 8.61 Å². The van der Waals surface area contributed by atoms with Crippen molar-refractivity contribution in [3.05, 3.63) is 64.2 Å². The van der Waals surface area contributed by atoms with E-state index in [1.54, 1.807) is 24.3 Å².